The second-order valence-corrected chi connectivity index (χ2v) is 9.11. The molecule has 0 saturated heterocycles. The predicted molar refractivity (Wildman–Crippen MR) is 144 cm³/mol. The highest BCUT2D eigenvalue weighted by Gasteiger charge is 2.14. The summed E-state index contributed by atoms with van der Waals surface area (Å²) in [6.45, 7) is 4.88. The number of amides is 2. The summed E-state index contributed by atoms with van der Waals surface area (Å²) in [7, 11) is 0. The van der Waals surface area contributed by atoms with Crippen molar-refractivity contribution >= 4 is 11.8 Å². The van der Waals surface area contributed by atoms with Gasteiger partial charge in [-0.1, -0.05) is 78.2 Å². The smallest absolute Gasteiger partial charge is 0.251 e. The number of halogens is 1. The fraction of sp³-hybridized carbons (Fsp3) is 0.290. The Balaban J connectivity index is 1.36. The second-order valence-electron chi connectivity index (χ2n) is 9.11. The van der Waals surface area contributed by atoms with E-state index in [2.05, 4.69) is 41.8 Å². The highest BCUT2D eigenvalue weighted by molar-refractivity contribution is 5.94. The molecule has 0 aliphatic carbocycles. The molecule has 2 N–H and O–H groups in total. The third-order valence-electron chi connectivity index (χ3n) is 6.18. The Morgan fingerprint density at radius 2 is 1.28 bits per heavy atom. The number of carbonyl (C=O) groups excluding carboxylic acids is 2. The number of aryl methyl sites for hydroxylation is 2. The molecule has 2 amide bonds. The molecule has 0 bridgehead atoms. The number of carbonyl (C=O) groups is 2. The van der Waals surface area contributed by atoms with Gasteiger partial charge in [-0.2, -0.15) is 0 Å². The average Bonchev–Trinajstić information content (AvgIpc) is 2.88. The molecule has 0 fully saturated rings. The molecular formula is C31H35FN2O2. The largest absolute Gasteiger partial charge is 0.353 e. The zero-order chi connectivity index (χ0) is 25.8. The molecule has 0 aromatic heterocycles. The minimum atomic E-state index is -0.235. The fourth-order valence-corrected chi connectivity index (χ4v) is 4.04. The van der Waals surface area contributed by atoms with Crippen LogP contribution in [-0.2, 0) is 4.79 Å². The first-order valence-corrected chi connectivity index (χ1v) is 12.5. The van der Waals surface area contributed by atoms with E-state index in [0.717, 1.165) is 30.4 Å². The lowest BCUT2D eigenvalue weighted by atomic mass is 9.86. The zero-order valence-electron chi connectivity index (χ0n) is 21.1. The Hall–Kier alpha value is -3.73. The topological polar surface area (TPSA) is 58.2 Å². The van der Waals surface area contributed by atoms with Crippen LogP contribution < -0.4 is 10.6 Å². The monoisotopic (exact) mass is 486 g/mol. The van der Waals surface area contributed by atoms with Crippen molar-refractivity contribution < 1.29 is 14.0 Å². The van der Waals surface area contributed by atoms with Gasteiger partial charge < -0.3 is 10.6 Å². The van der Waals surface area contributed by atoms with Crippen LogP contribution in [0.4, 0.5) is 4.39 Å². The molecule has 3 aromatic carbocycles. The lowest BCUT2D eigenvalue weighted by Gasteiger charge is -2.18. The molecule has 0 heterocycles. The second kappa shape index (κ2) is 14.0. The molecule has 0 aliphatic rings. The molecule has 3 aromatic rings. The number of benzene rings is 3. The molecule has 0 saturated carbocycles. The van der Waals surface area contributed by atoms with Crippen LogP contribution in [0.5, 0.6) is 0 Å². The maximum absolute atomic E-state index is 13.4. The van der Waals surface area contributed by atoms with E-state index in [1.54, 1.807) is 12.1 Å². The summed E-state index contributed by atoms with van der Waals surface area (Å²) >= 11 is 0. The van der Waals surface area contributed by atoms with Crippen molar-refractivity contribution in [1.82, 2.24) is 10.6 Å². The van der Waals surface area contributed by atoms with Gasteiger partial charge in [-0.25, -0.2) is 4.39 Å². The van der Waals surface area contributed by atoms with Crippen molar-refractivity contribution in [2.24, 2.45) is 0 Å². The number of hydrogen-bond donors (Lipinski definition) is 2. The molecule has 0 aliphatic heterocycles. The lowest BCUT2D eigenvalue weighted by Crippen LogP contribution is -2.24. The van der Waals surface area contributed by atoms with Crippen molar-refractivity contribution in [2.75, 3.05) is 13.1 Å². The summed E-state index contributed by atoms with van der Waals surface area (Å²) in [5.74, 6) is -0.168. The van der Waals surface area contributed by atoms with E-state index in [1.807, 2.05) is 43.3 Å². The summed E-state index contributed by atoms with van der Waals surface area (Å²) in [6.07, 6.45) is 6.71. The van der Waals surface area contributed by atoms with Gasteiger partial charge in [0.05, 0.1) is 0 Å². The van der Waals surface area contributed by atoms with E-state index in [0.29, 0.717) is 25.1 Å². The minimum Gasteiger partial charge on any atom is -0.353 e. The maximum Gasteiger partial charge on any atom is 0.251 e. The van der Waals surface area contributed by atoms with Gasteiger partial charge >= 0.3 is 0 Å². The maximum atomic E-state index is 13.4. The molecule has 1 atom stereocenters. The van der Waals surface area contributed by atoms with E-state index in [1.165, 1.54) is 23.3 Å². The van der Waals surface area contributed by atoms with Crippen LogP contribution in [0, 0.1) is 19.7 Å². The van der Waals surface area contributed by atoms with Gasteiger partial charge in [-0.3, -0.25) is 9.59 Å². The molecule has 5 heteroatoms. The summed E-state index contributed by atoms with van der Waals surface area (Å²) in [5.41, 5.74) is 5.24. The first kappa shape index (κ1) is 26.9. The van der Waals surface area contributed by atoms with E-state index < -0.39 is 0 Å². The number of unbranched alkanes of at least 4 members (excludes halogenated alkanes) is 1. The van der Waals surface area contributed by atoms with Crippen LogP contribution in [0.25, 0.3) is 0 Å². The quantitative estimate of drug-likeness (QED) is 0.235. The Morgan fingerprint density at radius 1 is 0.750 bits per heavy atom. The van der Waals surface area contributed by atoms with Crippen LogP contribution in [0.2, 0.25) is 0 Å². The fourth-order valence-electron chi connectivity index (χ4n) is 4.04. The highest BCUT2D eigenvalue weighted by Crippen LogP contribution is 2.30. The van der Waals surface area contributed by atoms with E-state index in [9.17, 15) is 14.0 Å². The van der Waals surface area contributed by atoms with Crippen molar-refractivity contribution in [2.45, 2.75) is 45.4 Å². The van der Waals surface area contributed by atoms with Crippen molar-refractivity contribution in [3.05, 3.63) is 119 Å². The molecule has 3 rings (SSSR count). The molecule has 0 radical (unpaired) electrons. The molecule has 0 spiro atoms. The van der Waals surface area contributed by atoms with Gasteiger partial charge in [0.15, 0.2) is 0 Å². The van der Waals surface area contributed by atoms with E-state index >= 15 is 0 Å². The Labute approximate surface area is 213 Å². The van der Waals surface area contributed by atoms with Crippen molar-refractivity contribution in [3.8, 4) is 0 Å². The first-order valence-electron chi connectivity index (χ1n) is 12.5. The molecular weight excluding hydrogens is 451 g/mol. The van der Waals surface area contributed by atoms with Gasteiger partial charge in [0.25, 0.3) is 5.91 Å². The third-order valence-corrected chi connectivity index (χ3v) is 6.18. The standard InChI is InChI=1S/C31H35FN2O2/c1-23-9-13-25(14-10-23)29(26-17-19-28(32)20-18-26)7-3-4-8-30(35)33-21-5-6-22-34-31(36)27-15-11-24(2)12-16-27/h5-6,9-20,29H,3-4,7-8,21-22H2,1-2H3,(H,33,35)(H,34,36)/b6-5+. The first-order chi connectivity index (χ1) is 17.4. The van der Waals surface area contributed by atoms with Crippen molar-refractivity contribution in [1.29, 1.82) is 0 Å². The van der Waals surface area contributed by atoms with Crippen molar-refractivity contribution in [3.63, 3.8) is 0 Å². The molecule has 36 heavy (non-hydrogen) atoms. The average molecular weight is 487 g/mol. The summed E-state index contributed by atoms with van der Waals surface area (Å²) in [5, 5.41) is 5.73. The number of rotatable bonds is 12. The molecule has 1 unspecified atom stereocenters. The van der Waals surface area contributed by atoms with Crippen LogP contribution in [0.15, 0.2) is 84.9 Å². The molecule has 4 nitrogen and oxygen atoms in total. The normalized spacial score (nSPS) is 11.9. The van der Waals surface area contributed by atoms with Crippen LogP contribution in [0.3, 0.4) is 0 Å². The van der Waals surface area contributed by atoms with Crippen LogP contribution in [-0.4, -0.2) is 24.9 Å². The van der Waals surface area contributed by atoms with E-state index in [4.69, 9.17) is 0 Å². The Kier molecular flexibility index (Phi) is 10.4. The molecule has 188 valence electrons. The Bertz CT molecular complexity index is 1090. The third kappa shape index (κ3) is 8.81. The minimum absolute atomic E-state index is 0.0111. The van der Waals surface area contributed by atoms with Gasteiger partial charge in [0, 0.05) is 31.0 Å². The Morgan fingerprint density at radius 3 is 1.89 bits per heavy atom. The number of nitrogens with one attached hydrogen (secondary N) is 2. The van der Waals surface area contributed by atoms with E-state index in [-0.39, 0.29) is 23.5 Å². The van der Waals surface area contributed by atoms with Gasteiger partial charge in [0.2, 0.25) is 5.91 Å². The van der Waals surface area contributed by atoms with Gasteiger partial charge in [-0.05, 0) is 62.1 Å². The van der Waals surface area contributed by atoms with Crippen LogP contribution in [0.1, 0.15) is 64.2 Å². The van der Waals surface area contributed by atoms with Gasteiger partial charge in [0.1, 0.15) is 5.82 Å². The predicted octanol–water partition coefficient (Wildman–Crippen LogP) is 6.24. The summed E-state index contributed by atoms with van der Waals surface area (Å²) in [6, 6.07) is 22.6. The van der Waals surface area contributed by atoms with Gasteiger partial charge in [-0.15, -0.1) is 0 Å². The SMILES string of the molecule is Cc1ccc(C(=O)NC/C=C/CNC(=O)CCCCC(c2ccc(C)cc2)c2ccc(F)cc2)cc1. The van der Waals surface area contributed by atoms with Crippen LogP contribution >= 0.6 is 0 Å². The summed E-state index contributed by atoms with van der Waals surface area (Å²) < 4.78 is 13.4. The summed E-state index contributed by atoms with van der Waals surface area (Å²) in [4.78, 5) is 24.3. The number of hydrogen-bond acceptors (Lipinski definition) is 2. The lowest BCUT2D eigenvalue weighted by molar-refractivity contribution is -0.121. The zero-order valence-corrected chi connectivity index (χ0v) is 21.1. The highest BCUT2D eigenvalue weighted by atomic mass is 19.1.